The van der Waals surface area contributed by atoms with Crippen LogP contribution in [0.2, 0.25) is 0 Å². The number of nitrogens with one attached hydrogen (secondary N) is 2. The predicted molar refractivity (Wildman–Crippen MR) is 146 cm³/mol. The van der Waals surface area contributed by atoms with Gasteiger partial charge in [-0.15, -0.1) is 0 Å². The number of hydrogen-bond acceptors (Lipinski definition) is 9. The van der Waals surface area contributed by atoms with Crippen molar-refractivity contribution in [3.05, 3.63) is 72.1 Å². The molecule has 5 rings (SSSR count). The highest BCUT2D eigenvalue weighted by Gasteiger charge is 2.27. The number of rotatable bonds is 7. The minimum absolute atomic E-state index is 0.0000827. The molecule has 12 nitrogen and oxygen atoms in total. The van der Waals surface area contributed by atoms with Crippen LogP contribution in [0.1, 0.15) is 29.9 Å². The van der Waals surface area contributed by atoms with Crippen molar-refractivity contribution in [3.63, 3.8) is 0 Å². The molecule has 0 radical (unpaired) electrons. The van der Waals surface area contributed by atoms with Crippen LogP contribution in [0.15, 0.2) is 59.9 Å². The van der Waals surface area contributed by atoms with Crippen molar-refractivity contribution in [1.29, 1.82) is 0 Å². The lowest BCUT2D eigenvalue weighted by molar-refractivity contribution is -0.120. The standard InChI is InChI=1S/C26H29N9O3S/c1-17-10-11-27-26(30-17)33-39(37,38)22-8-6-21(7-9-22)31-25(36)20-5-4-12-34(15-20)23-14-24(29-16-28-23)35-19(3)13-18(2)32-35/h6-11,13-14,16,20H,4-5,12,15H2,1-3H3,(H,31,36)(H,27,30,33). The molecular weight excluding hydrogens is 518 g/mol. The number of benzene rings is 1. The van der Waals surface area contributed by atoms with Gasteiger partial charge in [-0.25, -0.2) is 37.8 Å². The number of carbonyl (C=O) groups excluding carboxylic acids is 1. The number of sulfonamides is 1. The fourth-order valence-electron chi connectivity index (χ4n) is 4.52. The SMILES string of the molecule is Cc1ccnc(NS(=O)(=O)c2ccc(NC(=O)C3CCCN(c4cc(-n5nc(C)cc5C)ncn4)C3)cc2)n1. The molecule has 39 heavy (non-hydrogen) atoms. The summed E-state index contributed by atoms with van der Waals surface area (Å²) >= 11 is 0. The second-order valence-electron chi connectivity index (χ2n) is 9.50. The molecule has 1 aliphatic rings. The van der Waals surface area contributed by atoms with Crippen molar-refractivity contribution in [2.45, 2.75) is 38.5 Å². The van der Waals surface area contributed by atoms with Crippen LogP contribution >= 0.6 is 0 Å². The van der Waals surface area contributed by atoms with Gasteiger partial charge in [0.25, 0.3) is 10.0 Å². The zero-order chi connectivity index (χ0) is 27.6. The molecule has 202 valence electrons. The van der Waals surface area contributed by atoms with E-state index in [-0.39, 0.29) is 22.7 Å². The van der Waals surface area contributed by atoms with Crippen LogP contribution in [0.5, 0.6) is 0 Å². The average Bonchev–Trinajstić information content (AvgIpc) is 3.26. The first-order chi connectivity index (χ1) is 18.7. The van der Waals surface area contributed by atoms with Crippen molar-refractivity contribution < 1.29 is 13.2 Å². The van der Waals surface area contributed by atoms with Crippen molar-refractivity contribution in [2.75, 3.05) is 28.0 Å². The monoisotopic (exact) mass is 547 g/mol. The maximum absolute atomic E-state index is 13.1. The Morgan fingerprint density at radius 1 is 0.974 bits per heavy atom. The molecule has 1 amide bonds. The zero-order valence-electron chi connectivity index (χ0n) is 21.9. The summed E-state index contributed by atoms with van der Waals surface area (Å²) in [6, 6.07) is 11.5. The Hall–Kier alpha value is -4.39. The van der Waals surface area contributed by atoms with E-state index in [0.717, 1.165) is 36.6 Å². The van der Waals surface area contributed by atoms with E-state index in [1.54, 1.807) is 29.8 Å². The molecule has 4 aromatic rings. The van der Waals surface area contributed by atoms with Crippen molar-refractivity contribution in [3.8, 4) is 5.82 Å². The van der Waals surface area contributed by atoms with E-state index >= 15 is 0 Å². The lowest BCUT2D eigenvalue weighted by Crippen LogP contribution is -2.41. The molecule has 0 saturated carbocycles. The Labute approximate surface area is 226 Å². The molecule has 0 aliphatic carbocycles. The minimum Gasteiger partial charge on any atom is -0.356 e. The highest BCUT2D eigenvalue weighted by molar-refractivity contribution is 7.92. The van der Waals surface area contributed by atoms with Gasteiger partial charge in [-0.05, 0) is 70.0 Å². The number of aromatic nitrogens is 6. The third-order valence-electron chi connectivity index (χ3n) is 6.43. The maximum Gasteiger partial charge on any atom is 0.264 e. The van der Waals surface area contributed by atoms with Gasteiger partial charge in [0.2, 0.25) is 11.9 Å². The molecule has 1 saturated heterocycles. The summed E-state index contributed by atoms with van der Waals surface area (Å²) in [5, 5.41) is 7.41. The molecule has 1 unspecified atom stereocenters. The summed E-state index contributed by atoms with van der Waals surface area (Å²) in [4.78, 5) is 32.0. The molecule has 4 heterocycles. The van der Waals surface area contributed by atoms with Crippen LogP contribution in [0.4, 0.5) is 17.5 Å². The summed E-state index contributed by atoms with van der Waals surface area (Å²) in [6.07, 6.45) is 4.57. The van der Waals surface area contributed by atoms with Crippen molar-refractivity contribution in [1.82, 2.24) is 29.7 Å². The molecule has 13 heteroatoms. The largest absolute Gasteiger partial charge is 0.356 e. The van der Waals surface area contributed by atoms with E-state index in [0.29, 0.717) is 23.7 Å². The average molecular weight is 548 g/mol. The Bertz CT molecular complexity index is 1600. The van der Waals surface area contributed by atoms with E-state index in [9.17, 15) is 13.2 Å². The summed E-state index contributed by atoms with van der Waals surface area (Å²) in [5.41, 5.74) is 3.04. The predicted octanol–water partition coefficient (Wildman–Crippen LogP) is 3.03. The van der Waals surface area contributed by atoms with Crippen LogP contribution in [-0.2, 0) is 14.8 Å². The Kier molecular flexibility index (Phi) is 7.24. The topological polar surface area (TPSA) is 148 Å². The molecular formula is C26H29N9O3S. The number of nitrogens with zero attached hydrogens (tertiary/aromatic N) is 7. The van der Waals surface area contributed by atoms with Gasteiger partial charge in [0, 0.05) is 42.4 Å². The first-order valence-corrected chi connectivity index (χ1v) is 14.0. The highest BCUT2D eigenvalue weighted by atomic mass is 32.2. The smallest absolute Gasteiger partial charge is 0.264 e. The summed E-state index contributed by atoms with van der Waals surface area (Å²) in [5.74, 6) is 1.03. The van der Waals surface area contributed by atoms with Gasteiger partial charge in [-0.1, -0.05) is 0 Å². The van der Waals surface area contributed by atoms with Gasteiger partial charge in [-0.2, -0.15) is 5.10 Å². The molecule has 2 N–H and O–H groups in total. The van der Waals surface area contributed by atoms with Crippen molar-refractivity contribution >= 4 is 33.4 Å². The van der Waals surface area contributed by atoms with Gasteiger partial charge in [0.05, 0.1) is 16.5 Å². The van der Waals surface area contributed by atoms with E-state index in [1.807, 2.05) is 26.0 Å². The lowest BCUT2D eigenvalue weighted by Gasteiger charge is -2.33. The van der Waals surface area contributed by atoms with Crippen LogP contribution in [0.3, 0.4) is 0 Å². The maximum atomic E-state index is 13.1. The van der Waals surface area contributed by atoms with E-state index in [4.69, 9.17) is 0 Å². The number of carbonyl (C=O) groups is 1. The van der Waals surface area contributed by atoms with Crippen LogP contribution in [-0.4, -0.2) is 57.1 Å². The van der Waals surface area contributed by atoms with Gasteiger partial charge < -0.3 is 10.2 Å². The second-order valence-corrected chi connectivity index (χ2v) is 11.2. The van der Waals surface area contributed by atoms with E-state index < -0.39 is 10.0 Å². The molecule has 0 spiro atoms. The third kappa shape index (κ3) is 6.03. The van der Waals surface area contributed by atoms with Crippen LogP contribution in [0, 0.1) is 26.7 Å². The van der Waals surface area contributed by atoms with Crippen molar-refractivity contribution in [2.24, 2.45) is 5.92 Å². The van der Waals surface area contributed by atoms with E-state index in [1.165, 1.54) is 24.7 Å². The fraction of sp³-hybridized carbons (Fsp3) is 0.308. The lowest BCUT2D eigenvalue weighted by atomic mass is 9.97. The zero-order valence-corrected chi connectivity index (χ0v) is 22.7. The molecule has 1 atom stereocenters. The fourth-order valence-corrected chi connectivity index (χ4v) is 5.48. The van der Waals surface area contributed by atoms with Gasteiger partial charge in [0.1, 0.15) is 12.1 Å². The Morgan fingerprint density at radius 3 is 2.46 bits per heavy atom. The molecule has 1 aromatic carbocycles. The van der Waals surface area contributed by atoms with Gasteiger partial charge >= 0.3 is 0 Å². The van der Waals surface area contributed by atoms with Crippen LogP contribution in [0.25, 0.3) is 5.82 Å². The number of aryl methyl sites for hydroxylation is 3. The molecule has 1 aliphatic heterocycles. The molecule has 1 fully saturated rings. The first kappa shape index (κ1) is 26.2. The number of piperidine rings is 1. The van der Waals surface area contributed by atoms with Gasteiger partial charge in [-0.3, -0.25) is 4.79 Å². The van der Waals surface area contributed by atoms with E-state index in [2.05, 4.69) is 40.0 Å². The minimum atomic E-state index is -3.87. The number of amides is 1. The number of anilines is 3. The summed E-state index contributed by atoms with van der Waals surface area (Å²) < 4.78 is 29.5. The quantitative estimate of drug-likeness (QED) is 0.356. The van der Waals surface area contributed by atoms with Crippen LogP contribution < -0.4 is 14.9 Å². The third-order valence-corrected chi connectivity index (χ3v) is 7.78. The molecule has 3 aromatic heterocycles. The number of hydrogen-bond donors (Lipinski definition) is 2. The van der Waals surface area contributed by atoms with Gasteiger partial charge in [0.15, 0.2) is 5.82 Å². The Balaban J connectivity index is 1.23. The Morgan fingerprint density at radius 2 is 1.74 bits per heavy atom. The summed E-state index contributed by atoms with van der Waals surface area (Å²) in [7, 11) is -3.87. The normalized spacial score (nSPS) is 15.7. The highest BCUT2D eigenvalue weighted by Crippen LogP contribution is 2.25. The first-order valence-electron chi connectivity index (χ1n) is 12.5. The summed E-state index contributed by atoms with van der Waals surface area (Å²) in [6.45, 7) is 6.94. The second kappa shape index (κ2) is 10.8. The molecule has 0 bridgehead atoms.